The molecule has 0 radical (unpaired) electrons. The van der Waals surface area contributed by atoms with Crippen LogP contribution in [0.4, 0.5) is 18.9 Å². The zero-order chi connectivity index (χ0) is 14.0. The van der Waals surface area contributed by atoms with Crippen LogP contribution in [0.15, 0.2) is 22.7 Å². The summed E-state index contributed by atoms with van der Waals surface area (Å²) >= 11 is 9.11. The lowest BCUT2D eigenvalue weighted by molar-refractivity contribution is -0.137. The number of hydrogen-bond acceptors (Lipinski definition) is 1. The first kappa shape index (κ1) is 15.0. The van der Waals surface area contributed by atoms with Gasteiger partial charge in [-0.05, 0) is 52.9 Å². The molecule has 0 bridgehead atoms. The van der Waals surface area contributed by atoms with Crippen LogP contribution in [0.1, 0.15) is 18.4 Å². The van der Waals surface area contributed by atoms with Gasteiger partial charge in [0.15, 0.2) is 0 Å². The molecule has 1 aromatic carbocycles. The van der Waals surface area contributed by atoms with Gasteiger partial charge in [-0.15, -0.1) is 11.6 Å². The van der Waals surface area contributed by atoms with Gasteiger partial charge in [-0.1, -0.05) is 0 Å². The van der Waals surface area contributed by atoms with E-state index in [9.17, 15) is 13.2 Å². The normalized spacial score (nSPS) is 20.7. The minimum atomic E-state index is -4.30. The summed E-state index contributed by atoms with van der Waals surface area (Å²) in [5.41, 5.74) is 0.178. The second-order valence-corrected chi connectivity index (χ2v) is 5.94. The summed E-state index contributed by atoms with van der Waals surface area (Å²) in [5.74, 6) is 0.999. The summed E-state index contributed by atoms with van der Waals surface area (Å²) in [6, 6.07) is 3.80. The van der Waals surface area contributed by atoms with E-state index in [0.29, 0.717) is 16.3 Å². The van der Waals surface area contributed by atoms with Gasteiger partial charge < -0.3 is 4.90 Å². The quantitative estimate of drug-likeness (QED) is 0.680. The van der Waals surface area contributed by atoms with E-state index in [1.165, 1.54) is 6.07 Å². The number of halogens is 5. The Morgan fingerprint density at radius 1 is 1.37 bits per heavy atom. The molecule has 1 saturated heterocycles. The third kappa shape index (κ3) is 3.57. The highest BCUT2D eigenvalue weighted by molar-refractivity contribution is 9.10. The molecule has 6 heteroatoms. The Bertz CT molecular complexity index is 450. The Hall–Kier alpha value is -0.420. The summed E-state index contributed by atoms with van der Waals surface area (Å²) in [4.78, 5) is 2.10. The number of rotatable bonds is 2. The van der Waals surface area contributed by atoms with Crippen LogP contribution < -0.4 is 4.90 Å². The summed E-state index contributed by atoms with van der Waals surface area (Å²) in [6.45, 7) is 1.66. The number of nitrogens with zero attached hydrogens (tertiary/aromatic N) is 1. The van der Waals surface area contributed by atoms with Gasteiger partial charge in [0.25, 0.3) is 0 Å². The standard InChI is InChI=1S/C13H14BrClF3N/c14-11-6-10(13(16,17)18)3-4-12(11)19-5-1-2-9(7-15)8-19/h3-4,6,9H,1-2,5,7-8H2. The van der Waals surface area contributed by atoms with E-state index in [0.717, 1.165) is 43.8 Å². The van der Waals surface area contributed by atoms with Gasteiger partial charge in [0.05, 0.1) is 11.3 Å². The van der Waals surface area contributed by atoms with E-state index in [1.807, 2.05) is 0 Å². The van der Waals surface area contributed by atoms with Crippen LogP contribution in [0.25, 0.3) is 0 Å². The predicted octanol–water partition coefficient (Wildman–Crippen LogP) is 4.92. The Morgan fingerprint density at radius 3 is 2.68 bits per heavy atom. The minimum absolute atomic E-state index is 0.407. The first-order valence-electron chi connectivity index (χ1n) is 6.09. The van der Waals surface area contributed by atoms with E-state index >= 15 is 0 Å². The molecule has 106 valence electrons. The minimum Gasteiger partial charge on any atom is -0.370 e. The SMILES string of the molecule is FC(F)(F)c1ccc(N2CCCC(CCl)C2)c(Br)c1. The molecule has 1 heterocycles. The second kappa shape index (κ2) is 5.92. The van der Waals surface area contributed by atoms with Gasteiger partial charge in [-0.25, -0.2) is 0 Å². The third-order valence-electron chi connectivity index (χ3n) is 3.35. The molecule has 1 aliphatic heterocycles. The first-order chi connectivity index (χ1) is 8.91. The number of benzene rings is 1. The lowest BCUT2D eigenvalue weighted by Crippen LogP contribution is -2.36. The Labute approximate surface area is 123 Å². The van der Waals surface area contributed by atoms with Gasteiger partial charge in [-0.2, -0.15) is 13.2 Å². The zero-order valence-electron chi connectivity index (χ0n) is 10.2. The number of hydrogen-bond donors (Lipinski definition) is 0. The van der Waals surface area contributed by atoms with Crippen molar-refractivity contribution in [1.29, 1.82) is 0 Å². The first-order valence-corrected chi connectivity index (χ1v) is 7.42. The summed E-state index contributed by atoms with van der Waals surface area (Å²) in [7, 11) is 0. The molecule has 19 heavy (non-hydrogen) atoms. The van der Waals surface area contributed by atoms with Gasteiger partial charge in [-0.3, -0.25) is 0 Å². The fourth-order valence-electron chi connectivity index (χ4n) is 2.35. The lowest BCUT2D eigenvalue weighted by atomic mass is 9.99. The van der Waals surface area contributed by atoms with Crippen molar-refractivity contribution in [3.63, 3.8) is 0 Å². The molecule has 2 rings (SSSR count). The van der Waals surface area contributed by atoms with E-state index in [2.05, 4.69) is 20.8 Å². The van der Waals surface area contributed by atoms with Crippen molar-refractivity contribution >= 4 is 33.2 Å². The molecule has 1 fully saturated rings. The number of anilines is 1. The van der Waals surface area contributed by atoms with Crippen molar-refractivity contribution in [2.24, 2.45) is 5.92 Å². The highest BCUT2D eigenvalue weighted by Gasteiger charge is 2.31. The van der Waals surface area contributed by atoms with Crippen molar-refractivity contribution < 1.29 is 13.2 Å². The average molecular weight is 357 g/mol. The van der Waals surface area contributed by atoms with Crippen LogP contribution in [0.3, 0.4) is 0 Å². The summed E-state index contributed by atoms with van der Waals surface area (Å²) in [6.07, 6.45) is -2.20. The number of piperidine rings is 1. The Balaban J connectivity index is 2.21. The molecule has 1 aromatic rings. The van der Waals surface area contributed by atoms with Crippen molar-refractivity contribution in [2.45, 2.75) is 19.0 Å². The molecule has 1 unspecified atom stereocenters. The van der Waals surface area contributed by atoms with Crippen LogP contribution in [0, 0.1) is 5.92 Å². The molecule has 0 amide bonds. The van der Waals surface area contributed by atoms with Crippen molar-refractivity contribution in [3.8, 4) is 0 Å². The van der Waals surface area contributed by atoms with Crippen molar-refractivity contribution in [2.75, 3.05) is 23.9 Å². The molecule has 0 aliphatic carbocycles. The molecule has 0 spiro atoms. The van der Waals surface area contributed by atoms with E-state index in [4.69, 9.17) is 11.6 Å². The molecule has 0 N–H and O–H groups in total. The molecule has 0 aromatic heterocycles. The van der Waals surface area contributed by atoms with Crippen LogP contribution in [-0.4, -0.2) is 19.0 Å². The largest absolute Gasteiger partial charge is 0.416 e. The van der Waals surface area contributed by atoms with Crippen LogP contribution >= 0.6 is 27.5 Å². The predicted molar refractivity (Wildman–Crippen MR) is 74.8 cm³/mol. The van der Waals surface area contributed by atoms with Crippen LogP contribution in [-0.2, 0) is 6.18 Å². The maximum Gasteiger partial charge on any atom is 0.416 e. The monoisotopic (exact) mass is 355 g/mol. The highest BCUT2D eigenvalue weighted by atomic mass is 79.9. The van der Waals surface area contributed by atoms with E-state index in [1.54, 1.807) is 0 Å². The smallest absolute Gasteiger partial charge is 0.370 e. The van der Waals surface area contributed by atoms with Crippen molar-refractivity contribution in [3.05, 3.63) is 28.2 Å². The van der Waals surface area contributed by atoms with Gasteiger partial charge >= 0.3 is 6.18 Å². The maximum atomic E-state index is 12.6. The van der Waals surface area contributed by atoms with Gasteiger partial charge in [0.1, 0.15) is 0 Å². The average Bonchev–Trinajstić information content (AvgIpc) is 2.37. The maximum absolute atomic E-state index is 12.6. The van der Waals surface area contributed by atoms with Crippen LogP contribution in [0.2, 0.25) is 0 Å². The van der Waals surface area contributed by atoms with Crippen LogP contribution in [0.5, 0.6) is 0 Å². The molecular weight excluding hydrogens is 343 g/mol. The van der Waals surface area contributed by atoms with E-state index in [-0.39, 0.29) is 0 Å². The van der Waals surface area contributed by atoms with Gasteiger partial charge in [0.2, 0.25) is 0 Å². The van der Waals surface area contributed by atoms with Gasteiger partial charge in [0, 0.05) is 23.4 Å². The summed E-state index contributed by atoms with van der Waals surface area (Å²) in [5, 5.41) is 0. The van der Waals surface area contributed by atoms with E-state index < -0.39 is 11.7 Å². The molecule has 1 aliphatic rings. The highest BCUT2D eigenvalue weighted by Crippen LogP contribution is 2.36. The molecule has 0 saturated carbocycles. The van der Waals surface area contributed by atoms with Crippen molar-refractivity contribution in [1.82, 2.24) is 0 Å². The Kier molecular flexibility index (Phi) is 4.66. The molecule has 1 nitrogen and oxygen atoms in total. The second-order valence-electron chi connectivity index (χ2n) is 4.77. The molecular formula is C13H14BrClF3N. The zero-order valence-corrected chi connectivity index (χ0v) is 12.5. The summed E-state index contributed by atoms with van der Waals surface area (Å²) < 4.78 is 38.3. The topological polar surface area (TPSA) is 3.24 Å². The number of alkyl halides is 4. The fourth-order valence-corrected chi connectivity index (χ4v) is 3.23. The fraction of sp³-hybridized carbons (Fsp3) is 0.538. The third-order valence-corrected chi connectivity index (χ3v) is 4.42. The molecule has 1 atom stereocenters. The lowest BCUT2D eigenvalue weighted by Gasteiger charge is -2.34. The Morgan fingerprint density at radius 2 is 2.11 bits per heavy atom.